The largest absolute Gasteiger partial charge is 0.322 e. The van der Waals surface area contributed by atoms with E-state index in [9.17, 15) is 4.79 Å². The van der Waals surface area contributed by atoms with Crippen molar-refractivity contribution in [3.05, 3.63) is 94.5 Å². The molecule has 0 aliphatic carbocycles. The predicted molar refractivity (Wildman–Crippen MR) is 114 cm³/mol. The third kappa shape index (κ3) is 3.62. The average molecular weight is 417 g/mol. The Bertz CT molecular complexity index is 1140. The number of pyridine rings is 1. The van der Waals surface area contributed by atoms with Gasteiger partial charge in [0, 0.05) is 21.1 Å². The van der Waals surface area contributed by atoms with E-state index in [1.165, 1.54) is 0 Å². The number of anilines is 1. The van der Waals surface area contributed by atoms with Crippen LogP contribution in [0.2, 0.25) is 0 Å². The van der Waals surface area contributed by atoms with Crippen LogP contribution in [0.1, 0.15) is 15.9 Å². The second kappa shape index (κ2) is 7.33. The van der Waals surface area contributed by atoms with Crippen molar-refractivity contribution in [1.82, 2.24) is 4.98 Å². The first kappa shape index (κ1) is 17.4. The molecular formula is C23H17BrN2O. The number of hydrogen-bond acceptors (Lipinski definition) is 2. The Morgan fingerprint density at radius 2 is 1.63 bits per heavy atom. The van der Waals surface area contributed by atoms with Crippen molar-refractivity contribution in [3.8, 4) is 11.3 Å². The van der Waals surface area contributed by atoms with Crippen LogP contribution < -0.4 is 5.32 Å². The van der Waals surface area contributed by atoms with E-state index >= 15 is 0 Å². The molecule has 0 aliphatic rings. The van der Waals surface area contributed by atoms with Crippen LogP contribution in [0.5, 0.6) is 0 Å². The molecule has 4 heteroatoms. The minimum atomic E-state index is -0.138. The molecular weight excluding hydrogens is 400 g/mol. The van der Waals surface area contributed by atoms with Gasteiger partial charge in [0.25, 0.3) is 5.91 Å². The van der Waals surface area contributed by atoms with E-state index in [1.54, 1.807) is 0 Å². The van der Waals surface area contributed by atoms with Crippen LogP contribution in [0.25, 0.3) is 22.2 Å². The Morgan fingerprint density at radius 1 is 0.926 bits per heavy atom. The maximum Gasteiger partial charge on any atom is 0.256 e. The normalized spacial score (nSPS) is 10.7. The molecule has 1 amide bonds. The van der Waals surface area contributed by atoms with Gasteiger partial charge in [0.2, 0.25) is 0 Å². The van der Waals surface area contributed by atoms with Gasteiger partial charge < -0.3 is 5.32 Å². The number of carbonyl (C=O) groups is 1. The van der Waals surface area contributed by atoms with Gasteiger partial charge in [0.1, 0.15) is 0 Å². The fraction of sp³-hybridized carbons (Fsp3) is 0.0435. The lowest BCUT2D eigenvalue weighted by Gasteiger charge is -2.12. The topological polar surface area (TPSA) is 42.0 Å². The lowest BCUT2D eigenvalue weighted by Crippen LogP contribution is -2.13. The van der Waals surface area contributed by atoms with Gasteiger partial charge in [0.15, 0.2) is 0 Å². The molecule has 0 fully saturated rings. The first-order chi connectivity index (χ1) is 13.1. The lowest BCUT2D eigenvalue weighted by molar-refractivity contribution is 0.102. The number of carbonyl (C=O) groups excluding carboxylic acids is 1. The number of nitrogens with zero attached hydrogens (tertiary/aromatic N) is 1. The molecule has 0 radical (unpaired) electrons. The van der Waals surface area contributed by atoms with Gasteiger partial charge in [-0.15, -0.1) is 0 Å². The molecule has 1 heterocycles. The summed E-state index contributed by atoms with van der Waals surface area (Å²) in [6.07, 6.45) is 0. The predicted octanol–water partition coefficient (Wildman–Crippen LogP) is 6.23. The van der Waals surface area contributed by atoms with E-state index in [1.807, 2.05) is 85.8 Å². The van der Waals surface area contributed by atoms with E-state index in [0.29, 0.717) is 5.56 Å². The molecule has 1 N–H and O–H groups in total. The Labute approximate surface area is 166 Å². The summed E-state index contributed by atoms with van der Waals surface area (Å²) in [4.78, 5) is 17.8. The van der Waals surface area contributed by atoms with Gasteiger partial charge in [-0.05, 0) is 42.8 Å². The zero-order chi connectivity index (χ0) is 18.8. The zero-order valence-electron chi connectivity index (χ0n) is 14.7. The van der Waals surface area contributed by atoms with Gasteiger partial charge in [0.05, 0.1) is 16.8 Å². The van der Waals surface area contributed by atoms with Crippen molar-refractivity contribution in [2.75, 3.05) is 5.32 Å². The van der Waals surface area contributed by atoms with E-state index in [0.717, 1.165) is 37.9 Å². The molecule has 0 aliphatic heterocycles. The number of amides is 1. The Kier molecular flexibility index (Phi) is 4.73. The van der Waals surface area contributed by atoms with Crippen LogP contribution in [-0.4, -0.2) is 10.9 Å². The Hall–Kier alpha value is -2.98. The summed E-state index contributed by atoms with van der Waals surface area (Å²) in [5.74, 6) is -0.138. The van der Waals surface area contributed by atoms with Crippen molar-refractivity contribution < 1.29 is 4.79 Å². The molecule has 4 aromatic rings. The molecule has 132 valence electrons. The molecule has 27 heavy (non-hydrogen) atoms. The average Bonchev–Trinajstić information content (AvgIpc) is 2.69. The third-order valence-electron chi connectivity index (χ3n) is 4.49. The van der Waals surface area contributed by atoms with Gasteiger partial charge in [-0.25, -0.2) is 4.98 Å². The van der Waals surface area contributed by atoms with Crippen LogP contribution in [0, 0.1) is 6.92 Å². The highest BCUT2D eigenvalue weighted by molar-refractivity contribution is 9.10. The smallest absolute Gasteiger partial charge is 0.256 e. The second-order valence-electron chi connectivity index (χ2n) is 6.35. The number of para-hydroxylation sites is 2. The van der Waals surface area contributed by atoms with Gasteiger partial charge in [-0.2, -0.15) is 0 Å². The minimum Gasteiger partial charge on any atom is -0.322 e. The fourth-order valence-corrected chi connectivity index (χ4v) is 3.30. The number of aryl methyl sites for hydroxylation is 1. The molecule has 0 bridgehead atoms. The van der Waals surface area contributed by atoms with Crippen molar-refractivity contribution in [1.29, 1.82) is 0 Å². The number of aromatic nitrogens is 1. The molecule has 0 atom stereocenters. The summed E-state index contributed by atoms with van der Waals surface area (Å²) in [7, 11) is 0. The van der Waals surface area contributed by atoms with Gasteiger partial charge in [-0.3, -0.25) is 4.79 Å². The van der Waals surface area contributed by atoms with Crippen LogP contribution in [0.3, 0.4) is 0 Å². The van der Waals surface area contributed by atoms with Crippen molar-refractivity contribution >= 4 is 38.4 Å². The quantitative estimate of drug-likeness (QED) is 0.430. The summed E-state index contributed by atoms with van der Waals surface area (Å²) in [5.41, 5.74) is 4.99. The number of benzene rings is 3. The summed E-state index contributed by atoms with van der Waals surface area (Å²) in [6.45, 7) is 1.98. The number of nitrogens with one attached hydrogen (secondary N) is 1. The van der Waals surface area contributed by atoms with E-state index < -0.39 is 0 Å². The summed E-state index contributed by atoms with van der Waals surface area (Å²) >= 11 is 3.45. The molecule has 4 rings (SSSR count). The van der Waals surface area contributed by atoms with Crippen molar-refractivity contribution in [2.24, 2.45) is 0 Å². The molecule has 0 unspecified atom stereocenters. The van der Waals surface area contributed by atoms with E-state index in [-0.39, 0.29) is 5.91 Å². The molecule has 0 saturated carbocycles. The van der Waals surface area contributed by atoms with Gasteiger partial charge in [-0.1, -0.05) is 64.5 Å². The standard InChI is InChI=1S/C23H17BrN2O/c1-15-6-2-4-8-20(15)26-23(27)19-14-22(16-10-12-17(24)13-11-16)25-21-9-5-3-7-18(19)21/h2-14H,1H3,(H,26,27). The number of rotatable bonds is 3. The van der Waals surface area contributed by atoms with Crippen LogP contribution in [0.4, 0.5) is 5.69 Å². The maximum absolute atomic E-state index is 13.1. The highest BCUT2D eigenvalue weighted by Crippen LogP contribution is 2.27. The van der Waals surface area contributed by atoms with E-state index in [2.05, 4.69) is 21.2 Å². The monoisotopic (exact) mass is 416 g/mol. The molecule has 3 nitrogen and oxygen atoms in total. The molecule has 3 aromatic carbocycles. The summed E-state index contributed by atoms with van der Waals surface area (Å²) < 4.78 is 1.00. The second-order valence-corrected chi connectivity index (χ2v) is 7.26. The van der Waals surface area contributed by atoms with Gasteiger partial charge >= 0.3 is 0 Å². The van der Waals surface area contributed by atoms with Crippen molar-refractivity contribution in [2.45, 2.75) is 6.92 Å². The SMILES string of the molecule is Cc1ccccc1NC(=O)c1cc(-c2ccc(Br)cc2)nc2ccccc12. The first-order valence-corrected chi connectivity index (χ1v) is 9.44. The molecule has 0 spiro atoms. The number of hydrogen-bond donors (Lipinski definition) is 1. The summed E-state index contributed by atoms with van der Waals surface area (Å²) in [5, 5.41) is 3.87. The fourth-order valence-electron chi connectivity index (χ4n) is 3.03. The highest BCUT2D eigenvalue weighted by atomic mass is 79.9. The van der Waals surface area contributed by atoms with Crippen LogP contribution >= 0.6 is 15.9 Å². The Morgan fingerprint density at radius 3 is 2.41 bits per heavy atom. The van der Waals surface area contributed by atoms with Crippen LogP contribution in [-0.2, 0) is 0 Å². The minimum absolute atomic E-state index is 0.138. The Balaban J connectivity index is 1.82. The highest BCUT2D eigenvalue weighted by Gasteiger charge is 2.14. The zero-order valence-corrected chi connectivity index (χ0v) is 16.3. The van der Waals surface area contributed by atoms with Crippen molar-refractivity contribution in [3.63, 3.8) is 0 Å². The molecule has 0 saturated heterocycles. The molecule has 1 aromatic heterocycles. The van der Waals surface area contributed by atoms with Crippen LogP contribution in [0.15, 0.2) is 83.3 Å². The maximum atomic E-state index is 13.1. The number of fused-ring (bicyclic) bond motifs is 1. The first-order valence-electron chi connectivity index (χ1n) is 8.64. The lowest BCUT2D eigenvalue weighted by atomic mass is 10.0. The number of halogens is 1. The third-order valence-corrected chi connectivity index (χ3v) is 5.02. The summed E-state index contributed by atoms with van der Waals surface area (Å²) in [6, 6.07) is 25.3. The van der Waals surface area contributed by atoms with E-state index in [4.69, 9.17) is 4.98 Å².